The highest BCUT2D eigenvalue weighted by atomic mass is 35.5. The van der Waals surface area contributed by atoms with Gasteiger partial charge in [-0.15, -0.1) is 0 Å². The van der Waals surface area contributed by atoms with E-state index in [0.29, 0.717) is 5.56 Å². The van der Waals surface area contributed by atoms with Crippen LogP contribution >= 0.6 is 23.4 Å². The van der Waals surface area contributed by atoms with Crippen LogP contribution in [0, 0.1) is 0 Å². The second kappa shape index (κ2) is 6.45. The molecular formula is C12H16ClNO3S2. The summed E-state index contributed by atoms with van der Waals surface area (Å²) in [5, 5.41) is 9.29. The standard InChI is InChI=1S/C12H16ClNO3S2/c13-12-6-11(4-3-9(12)7-15)19(16,17)14-10-2-1-5-18-8-10/h3-4,6,10,14-15H,1-2,5,7-8H2. The fourth-order valence-electron chi connectivity index (χ4n) is 1.94. The molecule has 1 unspecified atom stereocenters. The lowest BCUT2D eigenvalue weighted by Crippen LogP contribution is -2.38. The topological polar surface area (TPSA) is 66.4 Å². The van der Waals surface area contributed by atoms with Gasteiger partial charge in [0.15, 0.2) is 0 Å². The number of rotatable bonds is 4. The van der Waals surface area contributed by atoms with Crippen molar-refractivity contribution in [1.29, 1.82) is 0 Å². The second-order valence-electron chi connectivity index (χ2n) is 4.45. The number of thioether (sulfide) groups is 1. The number of halogens is 1. The van der Waals surface area contributed by atoms with Crippen molar-refractivity contribution in [2.45, 2.75) is 30.4 Å². The van der Waals surface area contributed by atoms with Crippen molar-refractivity contribution in [2.75, 3.05) is 11.5 Å². The molecule has 0 aromatic heterocycles. The minimum Gasteiger partial charge on any atom is -0.392 e. The molecule has 0 bridgehead atoms. The van der Waals surface area contributed by atoms with Gasteiger partial charge in [-0.2, -0.15) is 11.8 Å². The summed E-state index contributed by atoms with van der Waals surface area (Å²) in [6, 6.07) is 4.37. The van der Waals surface area contributed by atoms with Crippen molar-refractivity contribution >= 4 is 33.4 Å². The van der Waals surface area contributed by atoms with Gasteiger partial charge in [0.1, 0.15) is 0 Å². The third kappa shape index (κ3) is 3.86. The molecular weight excluding hydrogens is 306 g/mol. The number of aliphatic hydroxyl groups is 1. The number of hydrogen-bond acceptors (Lipinski definition) is 4. The number of nitrogens with one attached hydrogen (secondary N) is 1. The number of hydrogen-bond donors (Lipinski definition) is 2. The first-order valence-electron chi connectivity index (χ1n) is 6.02. The van der Waals surface area contributed by atoms with E-state index in [1.165, 1.54) is 18.2 Å². The lowest BCUT2D eigenvalue weighted by atomic mass is 10.2. The smallest absolute Gasteiger partial charge is 0.240 e. The lowest BCUT2D eigenvalue weighted by Gasteiger charge is -2.22. The average Bonchev–Trinajstić information content (AvgIpc) is 2.39. The Bertz CT molecular complexity index is 542. The summed E-state index contributed by atoms with van der Waals surface area (Å²) in [4.78, 5) is 0.144. The zero-order valence-corrected chi connectivity index (χ0v) is 12.7. The van der Waals surface area contributed by atoms with Crippen LogP contribution in [0.15, 0.2) is 23.1 Å². The van der Waals surface area contributed by atoms with E-state index in [0.717, 1.165) is 24.3 Å². The van der Waals surface area contributed by atoms with E-state index in [2.05, 4.69) is 4.72 Å². The molecule has 2 N–H and O–H groups in total. The largest absolute Gasteiger partial charge is 0.392 e. The van der Waals surface area contributed by atoms with Crippen LogP contribution in [0.3, 0.4) is 0 Å². The quantitative estimate of drug-likeness (QED) is 0.890. The minimum absolute atomic E-state index is 0.0138. The Morgan fingerprint density at radius 2 is 2.26 bits per heavy atom. The molecule has 106 valence electrons. The zero-order chi connectivity index (χ0) is 13.9. The molecule has 1 heterocycles. The first-order valence-corrected chi connectivity index (χ1v) is 9.04. The molecule has 1 atom stereocenters. The summed E-state index contributed by atoms with van der Waals surface area (Å²) < 4.78 is 27.1. The molecule has 0 saturated carbocycles. The molecule has 1 aliphatic rings. The number of benzene rings is 1. The van der Waals surface area contributed by atoms with E-state index >= 15 is 0 Å². The van der Waals surface area contributed by atoms with Gasteiger partial charge in [0, 0.05) is 16.8 Å². The van der Waals surface area contributed by atoms with Gasteiger partial charge in [-0.3, -0.25) is 0 Å². The van der Waals surface area contributed by atoms with E-state index < -0.39 is 10.0 Å². The Morgan fingerprint density at radius 1 is 1.47 bits per heavy atom. The maximum Gasteiger partial charge on any atom is 0.240 e. The van der Waals surface area contributed by atoms with Crippen LogP contribution in [-0.2, 0) is 16.6 Å². The van der Waals surface area contributed by atoms with Gasteiger partial charge in [0.2, 0.25) is 10.0 Å². The molecule has 1 aromatic rings. The highest BCUT2D eigenvalue weighted by Crippen LogP contribution is 2.23. The Balaban J connectivity index is 2.16. The summed E-state index contributed by atoms with van der Waals surface area (Å²) >= 11 is 7.68. The van der Waals surface area contributed by atoms with E-state index in [1.807, 2.05) is 0 Å². The third-order valence-corrected chi connectivity index (χ3v) is 6.07. The molecule has 0 amide bonds. The van der Waals surface area contributed by atoms with Gasteiger partial charge < -0.3 is 5.11 Å². The van der Waals surface area contributed by atoms with E-state index in [9.17, 15) is 8.42 Å². The highest BCUT2D eigenvalue weighted by Gasteiger charge is 2.22. The second-order valence-corrected chi connectivity index (χ2v) is 7.72. The normalized spacial score (nSPS) is 20.4. The van der Waals surface area contributed by atoms with Crippen molar-refractivity contribution in [3.63, 3.8) is 0 Å². The average molecular weight is 322 g/mol. The molecule has 1 fully saturated rings. The molecule has 0 spiro atoms. The van der Waals surface area contributed by atoms with Gasteiger partial charge in [-0.1, -0.05) is 17.7 Å². The molecule has 1 saturated heterocycles. The summed E-state index contributed by atoms with van der Waals surface area (Å²) in [6.45, 7) is -0.203. The molecule has 0 radical (unpaired) electrons. The first kappa shape index (κ1) is 15.1. The maximum atomic E-state index is 12.2. The lowest BCUT2D eigenvalue weighted by molar-refractivity contribution is 0.282. The Kier molecular flexibility index (Phi) is 5.14. The van der Waals surface area contributed by atoms with Crippen LogP contribution in [0.4, 0.5) is 0 Å². The fraction of sp³-hybridized carbons (Fsp3) is 0.500. The van der Waals surface area contributed by atoms with Gasteiger partial charge in [-0.25, -0.2) is 13.1 Å². The molecule has 19 heavy (non-hydrogen) atoms. The summed E-state index contributed by atoms with van der Waals surface area (Å²) in [7, 11) is -3.54. The summed E-state index contributed by atoms with van der Waals surface area (Å²) in [5.74, 6) is 1.90. The van der Waals surface area contributed by atoms with Crippen LogP contribution in [-0.4, -0.2) is 31.1 Å². The van der Waals surface area contributed by atoms with Gasteiger partial charge in [0.25, 0.3) is 0 Å². The van der Waals surface area contributed by atoms with E-state index in [4.69, 9.17) is 16.7 Å². The molecule has 7 heteroatoms. The van der Waals surface area contributed by atoms with E-state index in [-0.39, 0.29) is 22.6 Å². The molecule has 4 nitrogen and oxygen atoms in total. The van der Waals surface area contributed by atoms with Crippen molar-refractivity contribution in [1.82, 2.24) is 4.72 Å². The van der Waals surface area contributed by atoms with Gasteiger partial charge >= 0.3 is 0 Å². The molecule has 1 aliphatic heterocycles. The van der Waals surface area contributed by atoms with Crippen LogP contribution in [0.5, 0.6) is 0 Å². The summed E-state index contributed by atoms with van der Waals surface area (Å²) in [6.07, 6.45) is 1.90. The Labute approximate surface area is 122 Å². The Morgan fingerprint density at radius 3 is 2.84 bits per heavy atom. The maximum absolute atomic E-state index is 12.2. The van der Waals surface area contributed by atoms with Crippen LogP contribution in [0.2, 0.25) is 5.02 Å². The number of sulfonamides is 1. The van der Waals surface area contributed by atoms with Crippen molar-refractivity contribution in [3.05, 3.63) is 28.8 Å². The predicted octanol–water partition coefficient (Wildman–Crippen LogP) is 2.01. The van der Waals surface area contributed by atoms with Gasteiger partial charge in [-0.05, 0) is 36.3 Å². The van der Waals surface area contributed by atoms with Gasteiger partial charge in [0.05, 0.1) is 11.5 Å². The van der Waals surface area contributed by atoms with E-state index in [1.54, 1.807) is 11.8 Å². The molecule has 1 aromatic carbocycles. The monoisotopic (exact) mass is 321 g/mol. The summed E-state index contributed by atoms with van der Waals surface area (Å²) in [5.41, 5.74) is 0.522. The zero-order valence-electron chi connectivity index (χ0n) is 10.3. The van der Waals surface area contributed by atoms with Crippen LogP contribution < -0.4 is 4.72 Å². The highest BCUT2D eigenvalue weighted by molar-refractivity contribution is 7.99. The number of aliphatic hydroxyl groups excluding tert-OH is 1. The molecule has 0 aliphatic carbocycles. The molecule has 2 rings (SSSR count). The third-order valence-electron chi connectivity index (χ3n) is 2.99. The fourth-order valence-corrected chi connectivity index (χ4v) is 4.72. The van der Waals surface area contributed by atoms with Crippen molar-refractivity contribution < 1.29 is 13.5 Å². The van der Waals surface area contributed by atoms with Crippen molar-refractivity contribution in [3.8, 4) is 0 Å². The SMILES string of the molecule is O=S(=O)(NC1CCCSC1)c1ccc(CO)c(Cl)c1. The van der Waals surface area contributed by atoms with Crippen LogP contribution in [0.25, 0.3) is 0 Å². The van der Waals surface area contributed by atoms with Crippen LogP contribution in [0.1, 0.15) is 18.4 Å². The first-order chi connectivity index (χ1) is 9.03. The van der Waals surface area contributed by atoms with Crippen molar-refractivity contribution in [2.24, 2.45) is 0 Å². The Hall–Kier alpha value is -0.270. The predicted molar refractivity (Wildman–Crippen MR) is 78.0 cm³/mol. The minimum atomic E-state index is -3.54.